The smallest absolute Gasteiger partial charge is 0.471 e. The number of rotatable bonds is 6. The molecule has 0 bridgehead atoms. The number of carbonyl (C=O) groups is 2. The van der Waals surface area contributed by atoms with Gasteiger partial charge in [0.2, 0.25) is 0 Å². The Balaban J connectivity index is 2.53. The summed E-state index contributed by atoms with van der Waals surface area (Å²) in [6.45, 7) is 4.01. The molecule has 7 nitrogen and oxygen atoms in total. The number of alkyl halides is 3. The van der Waals surface area contributed by atoms with Gasteiger partial charge in [0.05, 0.1) is 23.9 Å². The lowest BCUT2D eigenvalue weighted by Crippen LogP contribution is -2.49. The van der Waals surface area contributed by atoms with Crippen LogP contribution in [0.4, 0.5) is 24.5 Å². The molecule has 1 aromatic carbocycles. The lowest BCUT2D eigenvalue weighted by molar-refractivity contribution is -0.171. The number of carboxylic acids is 1. The molecule has 1 aromatic rings. The second kappa shape index (κ2) is 8.78. The molecule has 0 spiro atoms. The van der Waals surface area contributed by atoms with E-state index in [4.69, 9.17) is 4.74 Å². The zero-order valence-corrected chi connectivity index (χ0v) is 16.0. The van der Waals surface area contributed by atoms with Crippen molar-refractivity contribution in [3.05, 3.63) is 23.8 Å². The van der Waals surface area contributed by atoms with Gasteiger partial charge in [-0.25, -0.2) is 4.79 Å². The second-order valence-electron chi connectivity index (χ2n) is 6.77. The minimum Gasteiger partial charge on any atom is -0.478 e. The molecule has 0 saturated carbocycles. The topological polar surface area (TPSA) is 73.3 Å². The number of carboxylic acid groups (broad SMARTS) is 1. The molecule has 1 aliphatic heterocycles. The van der Waals surface area contributed by atoms with Crippen LogP contribution in [0.5, 0.6) is 0 Å². The van der Waals surface area contributed by atoms with Gasteiger partial charge in [-0.15, -0.1) is 0 Å². The highest BCUT2D eigenvalue weighted by Gasteiger charge is 2.45. The number of halogens is 3. The number of hydrogen-bond donors (Lipinski definition) is 1. The van der Waals surface area contributed by atoms with Gasteiger partial charge in [-0.1, -0.05) is 0 Å². The molecule has 2 rings (SSSR count). The minimum atomic E-state index is -5.15. The van der Waals surface area contributed by atoms with Crippen molar-refractivity contribution in [3.8, 4) is 0 Å². The fourth-order valence-electron chi connectivity index (χ4n) is 3.16. The lowest BCUT2D eigenvalue weighted by atomic mass is 10.1. The number of carbonyl (C=O) groups excluding carboxylic acids is 1. The van der Waals surface area contributed by atoms with E-state index in [1.54, 1.807) is 6.07 Å². The molecule has 1 heterocycles. The van der Waals surface area contributed by atoms with Gasteiger partial charge in [-0.2, -0.15) is 13.2 Å². The molecule has 1 saturated heterocycles. The number of amides is 1. The quantitative estimate of drug-likeness (QED) is 0.784. The standard InChI is InChI=1S/C18H24F3N3O4/c1-12(11-28-3)24(17(27)18(19,20)21)15-10-13(4-5-14(15)16(25)26)23-8-6-22(2)7-9-23/h4-5,10,12H,6-9,11H2,1-3H3,(H,25,26)/t12-/m1/s1. The van der Waals surface area contributed by atoms with E-state index in [0.29, 0.717) is 23.7 Å². The van der Waals surface area contributed by atoms with Crippen LogP contribution in [0.15, 0.2) is 18.2 Å². The summed E-state index contributed by atoms with van der Waals surface area (Å²) in [6, 6.07) is 3.11. The molecule has 10 heteroatoms. The first-order valence-electron chi connectivity index (χ1n) is 8.76. The first-order valence-corrected chi connectivity index (χ1v) is 8.76. The molecule has 1 N–H and O–H groups in total. The van der Waals surface area contributed by atoms with Gasteiger partial charge >= 0.3 is 18.1 Å². The Bertz CT molecular complexity index is 719. The summed E-state index contributed by atoms with van der Waals surface area (Å²) in [5, 5.41) is 9.48. The van der Waals surface area contributed by atoms with Gasteiger partial charge in [0, 0.05) is 39.0 Å². The van der Waals surface area contributed by atoms with Crippen LogP contribution < -0.4 is 9.80 Å². The fraction of sp³-hybridized carbons (Fsp3) is 0.556. The van der Waals surface area contributed by atoms with Crippen molar-refractivity contribution in [1.82, 2.24) is 4.90 Å². The summed E-state index contributed by atoms with van der Waals surface area (Å²) < 4.78 is 44.6. The van der Waals surface area contributed by atoms with Crippen LogP contribution in [0.2, 0.25) is 0 Å². The Labute approximate surface area is 161 Å². The zero-order chi connectivity index (χ0) is 21.1. The van der Waals surface area contributed by atoms with Crippen LogP contribution in [0.1, 0.15) is 17.3 Å². The van der Waals surface area contributed by atoms with Crippen LogP contribution >= 0.6 is 0 Å². The number of ether oxygens (including phenoxy) is 1. The van der Waals surface area contributed by atoms with Gasteiger partial charge in [-0.05, 0) is 32.2 Å². The molecular weight excluding hydrogens is 379 g/mol. The molecule has 1 fully saturated rings. The summed E-state index contributed by atoms with van der Waals surface area (Å²) in [7, 11) is 3.26. The highest BCUT2D eigenvalue weighted by Crippen LogP contribution is 2.32. The normalized spacial score (nSPS) is 16.7. The first kappa shape index (κ1) is 22.0. The SMILES string of the molecule is COC[C@@H](C)N(C(=O)C(F)(F)F)c1cc(N2CCN(C)CC2)ccc1C(=O)O. The number of likely N-dealkylation sites (N-methyl/N-ethyl adjacent to an activating group) is 1. The summed E-state index contributed by atoms with van der Waals surface area (Å²) in [5.74, 6) is -3.54. The highest BCUT2D eigenvalue weighted by atomic mass is 19.4. The Morgan fingerprint density at radius 1 is 1.25 bits per heavy atom. The predicted molar refractivity (Wildman–Crippen MR) is 98.0 cm³/mol. The number of aromatic carboxylic acids is 1. The van der Waals surface area contributed by atoms with Crippen molar-refractivity contribution < 1.29 is 32.6 Å². The van der Waals surface area contributed by atoms with E-state index < -0.39 is 24.1 Å². The number of methoxy groups -OCH3 is 1. The molecule has 1 aliphatic rings. The third-order valence-corrected chi connectivity index (χ3v) is 4.65. The molecular formula is C18H24F3N3O4. The number of benzene rings is 1. The molecule has 0 aromatic heterocycles. The van der Waals surface area contributed by atoms with E-state index in [9.17, 15) is 27.9 Å². The summed E-state index contributed by atoms with van der Waals surface area (Å²) in [5.41, 5.74) is -0.105. The third-order valence-electron chi connectivity index (χ3n) is 4.65. The molecule has 1 atom stereocenters. The summed E-state index contributed by atoms with van der Waals surface area (Å²) in [4.78, 5) is 28.3. The number of hydrogen-bond acceptors (Lipinski definition) is 5. The van der Waals surface area contributed by atoms with Gasteiger partial charge in [0.1, 0.15) is 0 Å². The van der Waals surface area contributed by atoms with Crippen molar-refractivity contribution in [1.29, 1.82) is 0 Å². The van der Waals surface area contributed by atoms with Crippen molar-refractivity contribution in [3.63, 3.8) is 0 Å². The Kier molecular flexibility index (Phi) is 6.89. The van der Waals surface area contributed by atoms with Crippen molar-refractivity contribution in [2.75, 3.05) is 56.7 Å². The first-order chi connectivity index (χ1) is 13.1. The van der Waals surface area contributed by atoms with E-state index in [-0.39, 0.29) is 17.9 Å². The van der Waals surface area contributed by atoms with Gasteiger partial charge in [-0.3, -0.25) is 9.69 Å². The van der Waals surface area contributed by atoms with Crippen molar-refractivity contribution in [2.24, 2.45) is 0 Å². The van der Waals surface area contributed by atoms with Crippen LogP contribution in [0.25, 0.3) is 0 Å². The van der Waals surface area contributed by atoms with Crippen LogP contribution in [-0.4, -0.2) is 81.0 Å². The van der Waals surface area contributed by atoms with E-state index in [2.05, 4.69) is 4.90 Å². The molecule has 0 radical (unpaired) electrons. The third kappa shape index (κ3) is 4.93. The molecule has 0 unspecified atom stereocenters. The van der Waals surface area contributed by atoms with Gasteiger partial charge in [0.15, 0.2) is 0 Å². The predicted octanol–water partition coefficient (Wildman–Crippen LogP) is 2.07. The average Bonchev–Trinajstić information content (AvgIpc) is 2.61. The van der Waals surface area contributed by atoms with Crippen LogP contribution in [0, 0.1) is 0 Å². The number of nitrogens with zero attached hydrogens (tertiary/aromatic N) is 3. The monoisotopic (exact) mass is 403 g/mol. The van der Waals surface area contributed by atoms with Crippen LogP contribution in [0.3, 0.4) is 0 Å². The van der Waals surface area contributed by atoms with E-state index in [1.165, 1.54) is 26.2 Å². The average molecular weight is 403 g/mol. The van der Waals surface area contributed by atoms with Gasteiger partial charge < -0.3 is 19.6 Å². The summed E-state index contributed by atoms with van der Waals surface area (Å²) >= 11 is 0. The lowest BCUT2D eigenvalue weighted by Gasteiger charge is -2.35. The maximum atomic E-state index is 13.2. The number of piperazine rings is 1. The van der Waals surface area contributed by atoms with E-state index in [0.717, 1.165) is 13.1 Å². The maximum Gasteiger partial charge on any atom is 0.471 e. The molecule has 156 valence electrons. The molecule has 1 amide bonds. The van der Waals surface area contributed by atoms with E-state index >= 15 is 0 Å². The molecule has 0 aliphatic carbocycles. The van der Waals surface area contributed by atoms with E-state index in [1.807, 2.05) is 11.9 Å². The Morgan fingerprint density at radius 3 is 2.36 bits per heavy atom. The summed E-state index contributed by atoms with van der Waals surface area (Å²) in [6.07, 6.45) is -5.15. The largest absolute Gasteiger partial charge is 0.478 e. The Morgan fingerprint density at radius 2 is 1.86 bits per heavy atom. The fourth-order valence-corrected chi connectivity index (χ4v) is 3.16. The Hall–Kier alpha value is -2.33. The highest BCUT2D eigenvalue weighted by molar-refractivity contribution is 6.04. The van der Waals surface area contributed by atoms with Crippen LogP contribution in [-0.2, 0) is 9.53 Å². The van der Waals surface area contributed by atoms with Gasteiger partial charge in [0.25, 0.3) is 0 Å². The minimum absolute atomic E-state index is 0.181. The maximum absolute atomic E-state index is 13.2. The second-order valence-corrected chi connectivity index (χ2v) is 6.77. The zero-order valence-electron chi connectivity index (χ0n) is 16.0. The van der Waals surface area contributed by atoms with Crippen molar-refractivity contribution >= 4 is 23.3 Å². The van der Waals surface area contributed by atoms with Crippen molar-refractivity contribution in [2.45, 2.75) is 19.1 Å². The number of anilines is 2. The molecule has 28 heavy (non-hydrogen) atoms.